The molecule has 1 fully saturated rings. The Balaban J connectivity index is 1.96. The molecule has 15 heavy (non-hydrogen) atoms. The van der Waals surface area contributed by atoms with E-state index in [1.807, 2.05) is 0 Å². The maximum Gasteiger partial charge on any atom is 0.0456 e. The Labute approximate surface area is 93.9 Å². The normalized spacial score (nSPS) is 21.8. The number of hydrogen-bond donors (Lipinski definition) is 2. The molecule has 3 nitrogen and oxygen atoms in total. The minimum atomic E-state index is 0.328. The fraction of sp³-hybridized carbons (Fsp3) is 1.00. The fourth-order valence-corrected chi connectivity index (χ4v) is 2.06. The van der Waals surface area contributed by atoms with Gasteiger partial charge in [-0.3, -0.25) is 0 Å². The molecule has 3 heteroatoms. The second-order valence-electron chi connectivity index (χ2n) is 4.96. The van der Waals surface area contributed by atoms with Crippen molar-refractivity contribution in [2.24, 2.45) is 5.92 Å². The number of rotatable bonds is 6. The first-order valence-corrected chi connectivity index (χ1v) is 6.25. The molecule has 2 N–H and O–H groups in total. The summed E-state index contributed by atoms with van der Waals surface area (Å²) >= 11 is 0. The van der Waals surface area contributed by atoms with Crippen molar-refractivity contribution in [2.45, 2.75) is 38.6 Å². The minimum absolute atomic E-state index is 0.328. The summed E-state index contributed by atoms with van der Waals surface area (Å²) in [5.41, 5.74) is 0. The Bertz CT molecular complexity index is 156. The molecular weight excluding hydrogens is 188 g/mol. The third kappa shape index (κ3) is 5.50. The predicted molar refractivity (Wildman–Crippen MR) is 64.0 cm³/mol. The molecule has 1 unspecified atom stereocenters. The molecule has 0 spiro atoms. The lowest BCUT2D eigenvalue weighted by Crippen LogP contribution is -2.41. The average molecular weight is 214 g/mol. The van der Waals surface area contributed by atoms with Crippen LogP contribution < -0.4 is 5.32 Å². The highest BCUT2D eigenvalue weighted by molar-refractivity contribution is 4.75. The van der Waals surface area contributed by atoms with Gasteiger partial charge in [0, 0.05) is 12.6 Å². The van der Waals surface area contributed by atoms with Gasteiger partial charge in [-0.2, -0.15) is 0 Å². The second kappa shape index (κ2) is 7.20. The van der Waals surface area contributed by atoms with Crippen molar-refractivity contribution in [1.82, 2.24) is 10.2 Å². The largest absolute Gasteiger partial charge is 0.396 e. The quantitative estimate of drug-likeness (QED) is 0.650. The van der Waals surface area contributed by atoms with E-state index < -0.39 is 0 Å². The van der Waals surface area contributed by atoms with E-state index in [2.05, 4.69) is 24.2 Å². The first-order valence-electron chi connectivity index (χ1n) is 6.25. The second-order valence-corrected chi connectivity index (χ2v) is 4.96. The third-order valence-corrected chi connectivity index (χ3v) is 3.34. The minimum Gasteiger partial charge on any atom is -0.396 e. The fourth-order valence-electron chi connectivity index (χ4n) is 2.06. The molecule has 0 bridgehead atoms. The Morgan fingerprint density at radius 2 is 2.07 bits per heavy atom. The van der Waals surface area contributed by atoms with Crippen LogP contribution in [0, 0.1) is 5.92 Å². The molecule has 0 radical (unpaired) electrons. The highest BCUT2D eigenvalue weighted by Crippen LogP contribution is 2.09. The summed E-state index contributed by atoms with van der Waals surface area (Å²) in [6, 6.07) is 0.727. The van der Waals surface area contributed by atoms with Crippen LogP contribution in [0.4, 0.5) is 0 Å². The van der Waals surface area contributed by atoms with E-state index in [-0.39, 0.29) is 0 Å². The van der Waals surface area contributed by atoms with E-state index >= 15 is 0 Å². The van der Waals surface area contributed by atoms with Crippen LogP contribution >= 0.6 is 0 Å². The molecule has 0 aromatic rings. The molecule has 1 heterocycles. The Morgan fingerprint density at radius 1 is 1.40 bits per heavy atom. The van der Waals surface area contributed by atoms with E-state index in [4.69, 9.17) is 5.11 Å². The van der Waals surface area contributed by atoms with Gasteiger partial charge in [-0.1, -0.05) is 6.92 Å². The third-order valence-electron chi connectivity index (χ3n) is 3.34. The summed E-state index contributed by atoms with van der Waals surface area (Å²) in [5, 5.41) is 12.5. The smallest absolute Gasteiger partial charge is 0.0456 e. The number of nitrogens with one attached hydrogen (secondary N) is 1. The Kier molecular flexibility index (Phi) is 6.22. The van der Waals surface area contributed by atoms with Crippen LogP contribution in [-0.2, 0) is 0 Å². The van der Waals surface area contributed by atoms with Crippen molar-refractivity contribution >= 4 is 0 Å². The van der Waals surface area contributed by atoms with E-state index in [9.17, 15) is 0 Å². The molecule has 90 valence electrons. The van der Waals surface area contributed by atoms with Crippen molar-refractivity contribution in [3.63, 3.8) is 0 Å². The lowest BCUT2D eigenvalue weighted by molar-refractivity contribution is 0.220. The van der Waals surface area contributed by atoms with Gasteiger partial charge in [0.1, 0.15) is 0 Å². The van der Waals surface area contributed by atoms with Gasteiger partial charge in [0.25, 0.3) is 0 Å². The van der Waals surface area contributed by atoms with Gasteiger partial charge in [-0.05, 0) is 58.3 Å². The van der Waals surface area contributed by atoms with Crippen molar-refractivity contribution in [3.05, 3.63) is 0 Å². The number of piperidine rings is 1. The number of aliphatic hydroxyl groups is 1. The van der Waals surface area contributed by atoms with Gasteiger partial charge >= 0.3 is 0 Å². The van der Waals surface area contributed by atoms with Crippen LogP contribution in [0.3, 0.4) is 0 Å². The number of aliphatic hydroxyl groups excluding tert-OH is 1. The lowest BCUT2D eigenvalue weighted by atomic mass is 10.0. The van der Waals surface area contributed by atoms with Gasteiger partial charge in [0.2, 0.25) is 0 Å². The first kappa shape index (κ1) is 12.9. The Morgan fingerprint density at radius 3 is 2.67 bits per heavy atom. The SMILES string of the molecule is CC(CO)CCCNC1CCN(C)CC1. The summed E-state index contributed by atoms with van der Waals surface area (Å²) in [4.78, 5) is 2.39. The van der Waals surface area contributed by atoms with Crippen LogP contribution in [0.2, 0.25) is 0 Å². The highest BCUT2D eigenvalue weighted by atomic mass is 16.3. The molecule has 0 aliphatic carbocycles. The van der Waals surface area contributed by atoms with Crippen LogP contribution in [0.5, 0.6) is 0 Å². The highest BCUT2D eigenvalue weighted by Gasteiger charge is 2.15. The van der Waals surface area contributed by atoms with Crippen LogP contribution in [0.15, 0.2) is 0 Å². The monoisotopic (exact) mass is 214 g/mol. The zero-order chi connectivity index (χ0) is 11.1. The maximum atomic E-state index is 8.89. The summed E-state index contributed by atoms with van der Waals surface area (Å²) in [6.07, 6.45) is 4.89. The molecule has 1 aliphatic heterocycles. The van der Waals surface area contributed by atoms with Crippen LogP contribution in [-0.4, -0.2) is 49.3 Å². The van der Waals surface area contributed by atoms with E-state index in [0.717, 1.165) is 19.0 Å². The van der Waals surface area contributed by atoms with Gasteiger partial charge in [0.15, 0.2) is 0 Å². The Hall–Kier alpha value is -0.120. The molecule has 1 rings (SSSR count). The van der Waals surface area contributed by atoms with Crippen molar-refractivity contribution in [1.29, 1.82) is 0 Å². The molecule has 1 aliphatic rings. The van der Waals surface area contributed by atoms with Crippen molar-refractivity contribution in [2.75, 3.05) is 33.3 Å². The summed E-state index contributed by atoms with van der Waals surface area (Å²) in [7, 11) is 2.19. The molecule has 1 saturated heterocycles. The zero-order valence-corrected chi connectivity index (χ0v) is 10.2. The number of nitrogens with zero attached hydrogens (tertiary/aromatic N) is 1. The van der Waals surface area contributed by atoms with Gasteiger partial charge in [-0.25, -0.2) is 0 Å². The van der Waals surface area contributed by atoms with Crippen LogP contribution in [0.1, 0.15) is 32.6 Å². The van der Waals surface area contributed by atoms with E-state index in [1.54, 1.807) is 0 Å². The zero-order valence-electron chi connectivity index (χ0n) is 10.2. The molecule has 0 amide bonds. The molecular formula is C12H26N2O. The first-order chi connectivity index (χ1) is 7.22. The van der Waals surface area contributed by atoms with E-state index in [0.29, 0.717) is 12.5 Å². The molecule has 0 aromatic carbocycles. The van der Waals surface area contributed by atoms with E-state index in [1.165, 1.54) is 32.4 Å². The van der Waals surface area contributed by atoms with Gasteiger partial charge < -0.3 is 15.3 Å². The topological polar surface area (TPSA) is 35.5 Å². The summed E-state index contributed by atoms with van der Waals surface area (Å²) in [6.45, 7) is 6.00. The molecule has 0 saturated carbocycles. The number of hydrogen-bond acceptors (Lipinski definition) is 3. The number of likely N-dealkylation sites (tertiary alicyclic amines) is 1. The average Bonchev–Trinajstić information content (AvgIpc) is 2.26. The van der Waals surface area contributed by atoms with Gasteiger partial charge in [0.05, 0.1) is 0 Å². The van der Waals surface area contributed by atoms with Crippen molar-refractivity contribution in [3.8, 4) is 0 Å². The summed E-state index contributed by atoms with van der Waals surface area (Å²) in [5.74, 6) is 0.462. The van der Waals surface area contributed by atoms with Gasteiger partial charge in [-0.15, -0.1) is 0 Å². The molecule has 0 aromatic heterocycles. The standard InChI is InChI=1S/C12H26N2O/c1-11(10-15)4-3-7-13-12-5-8-14(2)9-6-12/h11-13,15H,3-10H2,1-2H3. The molecule has 1 atom stereocenters. The van der Waals surface area contributed by atoms with Crippen molar-refractivity contribution < 1.29 is 5.11 Å². The van der Waals surface area contributed by atoms with Crippen LogP contribution in [0.25, 0.3) is 0 Å². The summed E-state index contributed by atoms with van der Waals surface area (Å²) < 4.78 is 0. The predicted octanol–water partition coefficient (Wildman–Crippen LogP) is 1.08. The maximum absolute atomic E-state index is 8.89. The lowest BCUT2D eigenvalue weighted by Gasteiger charge is -2.29.